The van der Waals surface area contributed by atoms with Gasteiger partial charge in [0.1, 0.15) is 0 Å². The van der Waals surface area contributed by atoms with Crippen molar-refractivity contribution in [1.29, 1.82) is 0 Å². The van der Waals surface area contributed by atoms with Gasteiger partial charge in [-0.1, -0.05) is 51.5 Å². The third-order valence-electron chi connectivity index (χ3n) is 4.26. The van der Waals surface area contributed by atoms with Gasteiger partial charge in [-0.2, -0.15) is 0 Å². The van der Waals surface area contributed by atoms with E-state index in [9.17, 15) is 4.79 Å². The fourth-order valence-corrected chi connectivity index (χ4v) is 2.74. The van der Waals surface area contributed by atoms with Crippen LogP contribution in [0.25, 0.3) is 0 Å². The first-order chi connectivity index (χ1) is 9.88. The lowest BCUT2D eigenvalue weighted by Crippen LogP contribution is -2.47. The summed E-state index contributed by atoms with van der Waals surface area (Å²) in [4.78, 5) is 12.2. The average molecular weight is 288 g/mol. The van der Waals surface area contributed by atoms with Gasteiger partial charge in [0.2, 0.25) is 5.91 Å². The molecule has 1 saturated heterocycles. The normalized spacial score (nSPS) is 20.9. The minimum Gasteiger partial charge on any atom is -0.348 e. The SMILES string of the molecule is CC(NC(=O)[C@H]1CCCCN1)c1ccc(C(C)(C)C)cc1. The van der Waals surface area contributed by atoms with Gasteiger partial charge in [-0.25, -0.2) is 0 Å². The van der Waals surface area contributed by atoms with Crippen LogP contribution in [0.4, 0.5) is 0 Å². The molecule has 0 radical (unpaired) electrons. The van der Waals surface area contributed by atoms with Gasteiger partial charge in [0.25, 0.3) is 0 Å². The van der Waals surface area contributed by atoms with Crippen LogP contribution < -0.4 is 10.6 Å². The second-order valence-corrected chi connectivity index (χ2v) is 7.10. The fraction of sp³-hybridized carbons (Fsp3) is 0.611. The van der Waals surface area contributed by atoms with Gasteiger partial charge < -0.3 is 10.6 Å². The summed E-state index contributed by atoms with van der Waals surface area (Å²) in [6.45, 7) is 9.63. The summed E-state index contributed by atoms with van der Waals surface area (Å²) in [5, 5.41) is 6.42. The van der Waals surface area contributed by atoms with Crippen molar-refractivity contribution in [2.24, 2.45) is 0 Å². The molecule has 0 saturated carbocycles. The first kappa shape index (κ1) is 16.0. The molecule has 1 heterocycles. The van der Waals surface area contributed by atoms with Gasteiger partial charge in [0, 0.05) is 0 Å². The number of amides is 1. The Morgan fingerprint density at radius 2 is 1.90 bits per heavy atom. The molecular formula is C18H28N2O. The zero-order chi connectivity index (χ0) is 15.5. The first-order valence-electron chi connectivity index (χ1n) is 8.02. The van der Waals surface area contributed by atoms with Gasteiger partial charge in [0.15, 0.2) is 0 Å². The lowest BCUT2D eigenvalue weighted by atomic mass is 9.86. The Balaban J connectivity index is 1.96. The van der Waals surface area contributed by atoms with Crippen molar-refractivity contribution in [1.82, 2.24) is 10.6 Å². The molecule has 3 nitrogen and oxygen atoms in total. The molecule has 2 N–H and O–H groups in total. The number of hydrogen-bond acceptors (Lipinski definition) is 2. The number of piperidine rings is 1. The number of carbonyl (C=O) groups excluding carboxylic acids is 1. The van der Waals surface area contributed by atoms with E-state index in [1.165, 1.54) is 12.0 Å². The Morgan fingerprint density at radius 1 is 1.24 bits per heavy atom. The second-order valence-electron chi connectivity index (χ2n) is 7.10. The maximum atomic E-state index is 12.2. The highest BCUT2D eigenvalue weighted by Crippen LogP contribution is 2.24. The van der Waals surface area contributed by atoms with Crippen LogP contribution in [0.2, 0.25) is 0 Å². The first-order valence-corrected chi connectivity index (χ1v) is 8.02. The van der Waals surface area contributed by atoms with E-state index in [-0.39, 0.29) is 23.4 Å². The summed E-state index contributed by atoms with van der Waals surface area (Å²) in [5.41, 5.74) is 2.64. The van der Waals surface area contributed by atoms with Gasteiger partial charge in [-0.3, -0.25) is 4.79 Å². The van der Waals surface area contributed by atoms with Crippen molar-refractivity contribution in [3.63, 3.8) is 0 Å². The van der Waals surface area contributed by atoms with Gasteiger partial charge in [0.05, 0.1) is 12.1 Å². The third-order valence-corrected chi connectivity index (χ3v) is 4.26. The van der Waals surface area contributed by atoms with E-state index in [0.29, 0.717) is 0 Å². The highest BCUT2D eigenvalue weighted by atomic mass is 16.2. The van der Waals surface area contributed by atoms with E-state index >= 15 is 0 Å². The van der Waals surface area contributed by atoms with Crippen molar-refractivity contribution in [3.05, 3.63) is 35.4 Å². The number of nitrogens with one attached hydrogen (secondary N) is 2. The molecule has 21 heavy (non-hydrogen) atoms. The topological polar surface area (TPSA) is 41.1 Å². The van der Waals surface area contributed by atoms with Crippen LogP contribution in [0, 0.1) is 0 Å². The lowest BCUT2D eigenvalue weighted by molar-refractivity contribution is -0.124. The molecule has 1 aliphatic heterocycles. The summed E-state index contributed by atoms with van der Waals surface area (Å²) in [6.07, 6.45) is 3.26. The molecule has 1 aromatic carbocycles. The summed E-state index contributed by atoms with van der Waals surface area (Å²) in [5.74, 6) is 0.127. The summed E-state index contributed by atoms with van der Waals surface area (Å²) in [7, 11) is 0. The number of carbonyl (C=O) groups is 1. The van der Waals surface area contributed by atoms with Crippen LogP contribution in [0.15, 0.2) is 24.3 Å². The second kappa shape index (κ2) is 6.61. The van der Waals surface area contributed by atoms with E-state index in [1.807, 2.05) is 6.92 Å². The van der Waals surface area contributed by atoms with Crippen LogP contribution >= 0.6 is 0 Å². The maximum Gasteiger partial charge on any atom is 0.237 e. The van der Waals surface area contributed by atoms with E-state index in [4.69, 9.17) is 0 Å². The van der Waals surface area contributed by atoms with E-state index in [0.717, 1.165) is 24.9 Å². The fourth-order valence-electron chi connectivity index (χ4n) is 2.74. The molecule has 116 valence electrons. The largest absolute Gasteiger partial charge is 0.348 e. The van der Waals surface area contributed by atoms with Crippen LogP contribution in [0.1, 0.15) is 64.1 Å². The van der Waals surface area contributed by atoms with E-state index in [1.54, 1.807) is 0 Å². The van der Waals surface area contributed by atoms with E-state index < -0.39 is 0 Å². The van der Waals surface area contributed by atoms with Crippen LogP contribution in [-0.2, 0) is 10.2 Å². The van der Waals surface area contributed by atoms with Crippen molar-refractivity contribution in [3.8, 4) is 0 Å². The molecule has 2 atom stereocenters. The van der Waals surface area contributed by atoms with Gasteiger partial charge >= 0.3 is 0 Å². The average Bonchev–Trinajstić information content (AvgIpc) is 2.47. The zero-order valence-electron chi connectivity index (χ0n) is 13.7. The minimum atomic E-state index is -0.0185. The zero-order valence-corrected chi connectivity index (χ0v) is 13.7. The van der Waals surface area contributed by atoms with Crippen molar-refractivity contribution >= 4 is 5.91 Å². The quantitative estimate of drug-likeness (QED) is 0.896. The maximum absolute atomic E-state index is 12.2. The molecule has 3 heteroatoms. The van der Waals surface area contributed by atoms with Crippen molar-refractivity contribution in [2.45, 2.75) is 64.5 Å². The van der Waals surface area contributed by atoms with Gasteiger partial charge in [-0.05, 0) is 42.9 Å². The number of hydrogen-bond donors (Lipinski definition) is 2. The molecule has 2 rings (SSSR count). The summed E-state index contributed by atoms with van der Waals surface area (Å²) >= 11 is 0. The molecule has 0 aromatic heterocycles. The third kappa shape index (κ3) is 4.31. The predicted molar refractivity (Wildman–Crippen MR) is 87.3 cm³/mol. The van der Waals surface area contributed by atoms with Crippen molar-refractivity contribution < 1.29 is 4.79 Å². The Hall–Kier alpha value is -1.35. The Morgan fingerprint density at radius 3 is 2.43 bits per heavy atom. The molecule has 1 aliphatic rings. The Labute approximate surface area is 128 Å². The Kier molecular flexibility index (Phi) is 5.04. The number of rotatable bonds is 3. The van der Waals surface area contributed by atoms with Crippen LogP contribution in [-0.4, -0.2) is 18.5 Å². The molecule has 1 fully saturated rings. The molecule has 1 amide bonds. The Bertz CT molecular complexity index is 467. The highest BCUT2D eigenvalue weighted by Gasteiger charge is 2.22. The summed E-state index contributed by atoms with van der Waals surface area (Å²) < 4.78 is 0. The monoisotopic (exact) mass is 288 g/mol. The van der Waals surface area contributed by atoms with Crippen molar-refractivity contribution in [2.75, 3.05) is 6.54 Å². The van der Waals surface area contributed by atoms with Crippen LogP contribution in [0.5, 0.6) is 0 Å². The van der Waals surface area contributed by atoms with Crippen LogP contribution in [0.3, 0.4) is 0 Å². The summed E-state index contributed by atoms with van der Waals surface area (Å²) in [6, 6.07) is 8.61. The standard InChI is InChI=1S/C18H28N2O/c1-13(20-17(21)16-7-5-6-12-19-16)14-8-10-15(11-9-14)18(2,3)4/h8-11,13,16,19H,5-7,12H2,1-4H3,(H,20,21)/t13?,16-/m1/s1. The highest BCUT2D eigenvalue weighted by molar-refractivity contribution is 5.82. The predicted octanol–water partition coefficient (Wildman–Crippen LogP) is 3.30. The van der Waals surface area contributed by atoms with E-state index in [2.05, 4.69) is 55.7 Å². The molecule has 0 bridgehead atoms. The molecular weight excluding hydrogens is 260 g/mol. The molecule has 1 aromatic rings. The van der Waals surface area contributed by atoms with Gasteiger partial charge in [-0.15, -0.1) is 0 Å². The molecule has 0 aliphatic carbocycles. The molecule has 1 unspecified atom stereocenters. The smallest absolute Gasteiger partial charge is 0.237 e. The molecule has 0 spiro atoms. The minimum absolute atomic E-state index is 0.0185. The number of benzene rings is 1. The lowest BCUT2D eigenvalue weighted by Gasteiger charge is -2.25.